The number of carbonyl (C=O) groups excluding carboxylic acids is 1. The van der Waals surface area contributed by atoms with Crippen LogP contribution in [0.25, 0.3) is 5.65 Å². The molecule has 0 aliphatic rings. The Morgan fingerprint density at radius 1 is 1.57 bits per heavy atom. The number of halogens is 1. The van der Waals surface area contributed by atoms with Crippen molar-refractivity contribution in [2.45, 2.75) is 13.3 Å². The van der Waals surface area contributed by atoms with Crippen LogP contribution in [0.3, 0.4) is 0 Å². The molecule has 0 saturated carbocycles. The smallest absolute Gasteiger partial charge is 0.139 e. The Morgan fingerprint density at radius 2 is 2.36 bits per heavy atom. The van der Waals surface area contributed by atoms with E-state index in [1.807, 2.05) is 0 Å². The van der Waals surface area contributed by atoms with E-state index >= 15 is 0 Å². The molecule has 0 aliphatic carbocycles. The molecule has 0 bridgehead atoms. The molecule has 2 rings (SSSR count). The van der Waals surface area contributed by atoms with Crippen LogP contribution in [0.15, 0.2) is 24.5 Å². The lowest BCUT2D eigenvalue weighted by Gasteiger charge is -1.98. The van der Waals surface area contributed by atoms with Gasteiger partial charge in [-0.15, -0.1) is 0 Å². The first-order valence-corrected chi connectivity index (χ1v) is 4.28. The van der Waals surface area contributed by atoms with Crippen LogP contribution in [0.1, 0.15) is 12.6 Å². The van der Waals surface area contributed by atoms with Gasteiger partial charge in [-0.05, 0) is 19.1 Å². The summed E-state index contributed by atoms with van der Waals surface area (Å²) in [5, 5.41) is 0. The van der Waals surface area contributed by atoms with Gasteiger partial charge in [0.25, 0.3) is 0 Å². The number of pyridine rings is 1. The number of carbonyl (C=O) groups is 1. The Hall–Kier alpha value is -1.71. The van der Waals surface area contributed by atoms with Gasteiger partial charge in [-0.25, -0.2) is 9.37 Å². The van der Waals surface area contributed by atoms with Crippen LogP contribution in [-0.4, -0.2) is 15.2 Å². The number of ketones is 1. The van der Waals surface area contributed by atoms with E-state index in [4.69, 9.17) is 0 Å². The predicted molar refractivity (Wildman–Crippen MR) is 49.5 cm³/mol. The van der Waals surface area contributed by atoms with Crippen LogP contribution < -0.4 is 0 Å². The molecule has 3 nitrogen and oxygen atoms in total. The van der Waals surface area contributed by atoms with Crippen molar-refractivity contribution in [1.82, 2.24) is 9.38 Å². The minimum Gasteiger partial charge on any atom is -0.301 e. The maximum atomic E-state index is 12.9. The second-order valence-electron chi connectivity index (χ2n) is 3.20. The molecule has 0 aromatic carbocycles. The summed E-state index contributed by atoms with van der Waals surface area (Å²) < 4.78 is 14.5. The van der Waals surface area contributed by atoms with Crippen molar-refractivity contribution in [3.05, 3.63) is 36.0 Å². The van der Waals surface area contributed by atoms with E-state index in [2.05, 4.69) is 4.98 Å². The van der Waals surface area contributed by atoms with Gasteiger partial charge in [0.1, 0.15) is 17.2 Å². The number of aromatic nitrogens is 2. The molecule has 0 N–H and O–H groups in total. The van der Waals surface area contributed by atoms with Crippen LogP contribution in [0, 0.1) is 5.82 Å². The zero-order valence-corrected chi connectivity index (χ0v) is 7.70. The van der Waals surface area contributed by atoms with Crippen molar-refractivity contribution in [3.8, 4) is 0 Å². The van der Waals surface area contributed by atoms with E-state index in [1.54, 1.807) is 16.7 Å². The molecule has 2 aromatic rings. The number of imidazole rings is 1. The highest BCUT2D eigenvalue weighted by atomic mass is 19.1. The van der Waals surface area contributed by atoms with Gasteiger partial charge in [-0.3, -0.25) is 4.79 Å². The molecule has 0 fully saturated rings. The minimum atomic E-state index is -0.333. The van der Waals surface area contributed by atoms with Gasteiger partial charge in [0, 0.05) is 24.5 Å². The molecule has 0 aliphatic heterocycles. The van der Waals surface area contributed by atoms with Gasteiger partial charge in [-0.2, -0.15) is 0 Å². The fraction of sp³-hybridized carbons (Fsp3) is 0.200. The normalized spacial score (nSPS) is 10.7. The molecule has 0 spiro atoms. The fourth-order valence-corrected chi connectivity index (χ4v) is 1.39. The quantitative estimate of drug-likeness (QED) is 0.724. The summed E-state index contributed by atoms with van der Waals surface area (Å²) in [5.41, 5.74) is 1.37. The van der Waals surface area contributed by atoms with Gasteiger partial charge in [0.2, 0.25) is 0 Å². The highest BCUT2D eigenvalue weighted by Crippen LogP contribution is 2.08. The summed E-state index contributed by atoms with van der Waals surface area (Å²) in [5.74, 6) is -0.295. The third kappa shape index (κ3) is 1.51. The van der Waals surface area contributed by atoms with Crippen LogP contribution in [0.2, 0.25) is 0 Å². The first kappa shape index (κ1) is 8.87. The Kier molecular flexibility index (Phi) is 2.04. The Morgan fingerprint density at radius 3 is 3.07 bits per heavy atom. The third-order valence-corrected chi connectivity index (χ3v) is 1.98. The zero-order valence-electron chi connectivity index (χ0n) is 7.70. The highest BCUT2D eigenvalue weighted by molar-refractivity contribution is 5.77. The molecule has 0 unspecified atom stereocenters. The van der Waals surface area contributed by atoms with Crippen molar-refractivity contribution in [2.75, 3.05) is 0 Å². The number of hydrogen-bond acceptors (Lipinski definition) is 2. The lowest BCUT2D eigenvalue weighted by atomic mass is 10.2. The molecule has 72 valence electrons. The van der Waals surface area contributed by atoms with Crippen molar-refractivity contribution >= 4 is 11.4 Å². The summed E-state index contributed by atoms with van der Waals surface area (Å²) in [7, 11) is 0. The topological polar surface area (TPSA) is 34.4 Å². The molecule has 0 saturated heterocycles. The molecular weight excluding hydrogens is 183 g/mol. The first-order valence-electron chi connectivity index (χ1n) is 4.28. The van der Waals surface area contributed by atoms with Gasteiger partial charge >= 0.3 is 0 Å². The number of nitrogens with zero attached hydrogens (tertiary/aromatic N) is 2. The monoisotopic (exact) mass is 192 g/mol. The van der Waals surface area contributed by atoms with Crippen LogP contribution in [-0.2, 0) is 11.2 Å². The Bertz CT molecular complexity index is 490. The minimum absolute atomic E-state index is 0.0380. The van der Waals surface area contributed by atoms with E-state index in [0.717, 1.165) is 0 Å². The van der Waals surface area contributed by atoms with Gasteiger partial charge < -0.3 is 4.40 Å². The van der Waals surface area contributed by atoms with Crippen molar-refractivity contribution in [3.63, 3.8) is 0 Å². The standard InChI is InChI=1S/C10H9FN2O/c1-7(14)4-9-5-12-10-3-2-8(11)6-13(9)10/h2-3,5-6H,4H2,1H3. The maximum Gasteiger partial charge on any atom is 0.139 e. The summed E-state index contributed by atoms with van der Waals surface area (Å²) in [4.78, 5) is 15.0. The van der Waals surface area contributed by atoms with Crippen molar-refractivity contribution in [2.24, 2.45) is 0 Å². The van der Waals surface area contributed by atoms with E-state index in [0.29, 0.717) is 11.3 Å². The number of fused-ring (bicyclic) bond motifs is 1. The van der Waals surface area contributed by atoms with Crippen LogP contribution in [0.4, 0.5) is 4.39 Å². The summed E-state index contributed by atoms with van der Waals surface area (Å²) in [6.45, 7) is 1.50. The molecule has 0 amide bonds. The van der Waals surface area contributed by atoms with E-state index < -0.39 is 0 Å². The van der Waals surface area contributed by atoms with E-state index in [-0.39, 0.29) is 18.0 Å². The molecule has 0 atom stereocenters. The van der Waals surface area contributed by atoms with Gasteiger partial charge in [0.05, 0.1) is 0 Å². The molecule has 14 heavy (non-hydrogen) atoms. The SMILES string of the molecule is CC(=O)Cc1cnc2ccc(F)cn12. The van der Waals surface area contributed by atoms with E-state index in [1.165, 1.54) is 19.2 Å². The molecule has 0 radical (unpaired) electrons. The Labute approximate surface area is 80.2 Å². The number of rotatable bonds is 2. The summed E-state index contributed by atoms with van der Waals surface area (Å²) >= 11 is 0. The molecular formula is C10H9FN2O. The molecule has 2 heterocycles. The second kappa shape index (κ2) is 3.21. The first-order chi connectivity index (χ1) is 6.66. The van der Waals surface area contributed by atoms with Crippen LogP contribution in [0.5, 0.6) is 0 Å². The van der Waals surface area contributed by atoms with Crippen molar-refractivity contribution < 1.29 is 9.18 Å². The lowest BCUT2D eigenvalue weighted by Crippen LogP contribution is -2.00. The fourth-order valence-electron chi connectivity index (χ4n) is 1.39. The van der Waals surface area contributed by atoms with Gasteiger partial charge in [0.15, 0.2) is 0 Å². The van der Waals surface area contributed by atoms with Crippen molar-refractivity contribution in [1.29, 1.82) is 0 Å². The van der Waals surface area contributed by atoms with E-state index in [9.17, 15) is 9.18 Å². The number of Topliss-reactive ketones (excluding diaryl/α,β-unsaturated/α-hetero) is 1. The summed E-state index contributed by atoms with van der Waals surface area (Å²) in [6.07, 6.45) is 3.21. The largest absolute Gasteiger partial charge is 0.301 e. The molecule has 2 aromatic heterocycles. The average molecular weight is 192 g/mol. The highest BCUT2D eigenvalue weighted by Gasteiger charge is 2.05. The summed E-state index contributed by atoms with van der Waals surface area (Å²) in [6, 6.07) is 2.93. The zero-order chi connectivity index (χ0) is 10.1. The predicted octanol–water partition coefficient (Wildman–Crippen LogP) is 1.60. The average Bonchev–Trinajstić information content (AvgIpc) is 2.47. The Balaban J connectivity index is 2.55. The maximum absolute atomic E-state index is 12.9. The van der Waals surface area contributed by atoms with Gasteiger partial charge in [-0.1, -0.05) is 0 Å². The van der Waals surface area contributed by atoms with Crippen LogP contribution >= 0.6 is 0 Å². The lowest BCUT2D eigenvalue weighted by molar-refractivity contribution is -0.116. The number of hydrogen-bond donors (Lipinski definition) is 0. The third-order valence-electron chi connectivity index (χ3n) is 1.98. The second-order valence-corrected chi connectivity index (χ2v) is 3.20. The molecule has 4 heteroatoms.